The fourth-order valence-electron chi connectivity index (χ4n) is 4.92. The van der Waals surface area contributed by atoms with Crippen molar-refractivity contribution in [3.63, 3.8) is 0 Å². The molecule has 0 radical (unpaired) electrons. The van der Waals surface area contributed by atoms with E-state index in [0.29, 0.717) is 60.3 Å². The fraction of sp³-hybridized carbons (Fsp3) is 0.263. The first-order valence-corrected chi connectivity index (χ1v) is 17.2. The Hall–Kier alpha value is -6.56. The molecule has 55 heavy (non-hydrogen) atoms. The highest BCUT2D eigenvalue weighted by atomic mass is 16.6. The standard InChI is InChI=1S/C38H38N8O9/c1-49-33-15-11-31(12-16-33)45-41-35(39-43-45)27-3-7-29(8-4-27)37(47)54-25-23-52-21-19-51-20-22-53-24-26-55-38(48)30-9-5-28(6-10-30)36-40-44-46(42-36)32-13-17-34(50-2)18-14-32/h3-18H,19-26H2,1-2H3. The molecule has 6 rings (SSSR count). The van der Waals surface area contributed by atoms with Crippen molar-refractivity contribution in [3.8, 4) is 45.6 Å². The van der Waals surface area contributed by atoms with E-state index in [0.717, 1.165) is 22.9 Å². The molecule has 4 aromatic carbocycles. The Morgan fingerprint density at radius 3 is 1.16 bits per heavy atom. The van der Waals surface area contributed by atoms with Crippen LogP contribution in [-0.4, -0.2) is 119 Å². The van der Waals surface area contributed by atoms with Gasteiger partial charge in [-0.2, -0.15) is 0 Å². The molecular formula is C38H38N8O9. The zero-order valence-electron chi connectivity index (χ0n) is 30.1. The lowest BCUT2D eigenvalue weighted by Crippen LogP contribution is -2.15. The second-order valence-corrected chi connectivity index (χ2v) is 11.5. The van der Waals surface area contributed by atoms with Gasteiger partial charge in [-0.1, -0.05) is 24.3 Å². The molecular weight excluding hydrogens is 712 g/mol. The number of hydrogen-bond donors (Lipinski definition) is 0. The summed E-state index contributed by atoms with van der Waals surface area (Å²) in [4.78, 5) is 27.7. The lowest BCUT2D eigenvalue weighted by atomic mass is 10.1. The summed E-state index contributed by atoms with van der Waals surface area (Å²) in [7, 11) is 3.20. The van der Waals surface area contributed by atoms with Crippen LogP contribution in [0.3, 0.4) is 0 Å². The van der Waals surface area contributed by atoms with Crippen molar-refractivity contribution < 1.29 is 42.7 Å². The quantitative estimate of drug-likeness (QED) is 0.0803. The van der Waals surface area contributed by atoms with Gasteiger partial charge in [0, 0.05) is 11.1 Å². The van der Waals surface area contributed by atoms with E-state index in [1.807, 2.05) is 48.5 Å². The second kappa shape index (κ2) is 19.5. The number of ether oxygens (including phenoxy) is 7. The molecule has 0 fully saturated rings. The van der Waals surface area contributed by atoms with Crippen molar-refractivity contribution in [1.29, 1.82) is 0 Å². The molecule has 0 saturated heterocycles. The topological polar surface area (TPSA) is 186 Å². The van der Waals surface area contributed by atoms with Gasteiger partial charge in [0.1, 0.15) is 24.7 Å². The van der Waals surface area contributed by atoms with Crippen LogP contribution in [-0.2, 0) is 23.7 Å². The van der Waals surface area contributed by atoms with E-state index in [-0.39, 0.29) is 26.4 Å². The van der Waals surface area contributed by atoms with Gasteiger partial charge in [-0.3, -0.25) is 0 Å². The molecule has 17 nitrogen and oxygen atoms in total. The molecule has 2 aromatic heterocycles. The van der Waals surface area contributed by atoms with Gasteiger partial charge in [0.15, 0.2) is 0 Å². The molecule has 0 spiro atoms. The van der Waals surface area contributed by atoms with Crippen molar-refractivity contribution >= 4 is 11.9 Å². The third-order valence-electron chi connectivity index (χ3n) is 7.86. The first-order valence-electron chi connectivity index (χ1n) is 17.2. The van der Waals surface area contributed by atoms with Gasteiger partial charge in [0.2, 0.25) is 11.6 Å². The van der Waals surface area contributed by atoms with E-state index in [4.69, 9.17) is 33.2 Å². The molecule has 0 saturated carbocycles. The van der Waals surface area contributed by atoms with Crippen molar-refractivity contribution in [2.75, 3.05) is 67.1 Å². The highest BCUT2D eigenvalue weighted by molar-refractivity contribution is 5.90. The van der Waals surface area contributed by atoms with Gasteiger partial charge in [0.25, 0.3) is 0 Å². The van der Waals surface area contributed by atoms with Gasteiger partial charge in [0.05, 0.1) is 76.4 Å². The maximum Gasteiger partial charge on any atom is 0.338 e. The van der Waals surface area contributed by atoms with Crippen LogP contribution in [0.5, 0.6) is 11.5 Å². The second-order valence-electron chi connectivity index (χ2n) is 11.5. The van der Waals surface area contributed by atoms with E-state index >= 15 is 0 Å². The number of carbonyl (C=O) groups is 2. The zero-order valence-corrected chi connectivity index (χ0v) is 30.1. The molecule has 0 aliphatic heterocycles. The number of hydrogen-bond acceptors (Lipinski definition) is 15. The van der Waals surface area contributed by atoms with E-state index in [2.05, 4.69) is 30.8 Å². The summed E-state index contributed by atoms with van der Waals surface area (Å²) in [5.74, 6) is 1.35. The first kappa shape index (κ1) is 38.2. The number of aromatic nitrogens is 8. The smallest absolute Gasteiger partial charge is 0.338 e. The lowest BCUT2D eigenvalue weighted by molar-refractivity contribution is -0.00674. The van der Waals surface area contributed by atoms with Gasteiger partial charge in [-0.25, -0.2) is 9.59 Å². The molecule has 0 N–H and O–H groups in total. The third-order valence-corrected chi connectivity index (χ3v) is 7.86. The number of rotatable bonds is 20. The highest BCUT2D eigenvalue weighted by Gasteiger charge is 2.13. The maximum absolute atomic E-state index is 12.4. The third kappa shape index (κ3) is 10.8. The summed E-state index contributed by atoms with van der Waals surface area (Å²) in [6, 6.07) is 28.0. The fourth-order valence-corrected chi connectivity index (χ4v) is 4.92. The van der Waals surface area contributed by atoms with Crippen LogP contribution < -0.4 is 9.47 Å². The van der Waals surface area contributed by atoms with Crippen LogP contribution in [0.15, 0.2) is 97.1 Å². The average Bonchev–Trinajstić information content (AvgIpc) is 3.94. The molecule has 0 atom stereocenters. The summed E-state index contributed by atoms with van der Waals surface area (Å²) < 4.78 is 37.4. The monoisotopic (exact) mass is 750 g/mol. The van der Waals surface area contributed by atoms with E-state index in [1.165, 1.54) is 9.59 Å². The molecule has 6 aromatic rings. The number of esters is 2. The number of nitrogens with zero attached hydrogens (tertiary/aromatic N) is 8. The highest BCUT2D eigenvalue weighted by Crippen LogP contribution is 2.19. The van der Waals surface area contributed by atoms with Gasteiger partial charge >= 0.3 is 11.9 Å². The zero-order chi connectivity index (χ0) is 38.2. The SMILES string of the molecule is COc1ccc(-n2nnc(-c3ccc(C(=O)OCCOCCOCCOCCOC(=O)c4ccc(-c5nnn(-c6ccc(OC)cc6)n5)cc4)cc3)n2)cc1. The minimum Gasteiger partial charge on any atom is -0.497 e. The lowest BCUT2D eigenvalue weighted by Gasteiger charge is -2.08. The Morgan fingerprint density at radius 2 is 0.818 bits per heavy atom. The predicted octanol–water partition coefficient (Wildman–Crippen LogP) is 4.05. The Labute approximate surface area is 315 Å². The predicted molar refractivity (Wildman–Crippen MR) is 195 cm³/mol. The van der Waals surface area contributed by atoms with Crippen molar-refractivity contribution in [2.24, 2.45) is 0 Å². The van der Waals surface area contributed by atoms with E-state index in [9.17, 15) is 9.59 Å². The molecule has 0 amide bonds. The van der Waals surface area contributed by atoms with Crippen LogP contribution in [0.1, 0.15) is 20.7 Å². The van der Waals surface area contributed by atoms with Crippen LogP contribution >= 0.6 is 0 Å². The first-order chi connectivity index (χ1) is 27.0. The molecule has 0 bridgehead atoms. The minimum atomic E-state index is -0.469. The van der Waals surface area contributed by atoms with Gasteiger partial charge < -0.3 is 33.2 Å². The summed E-state index contributed by atoms with van der Waals surface area (Å²) in [6.07, 6.45) is 0. The largest absolute Gasteiger partial charge is 0.497 e. The van der Waals surface area contributed by atoms with Crippen molar-refractivity contribution in [1.82, 2.24) is 40.4 Å². The normalized spacial score (nSPS) is 10.9. The molecule has 17 heteroatoms. The van der Waals surface area contributed by atoms with E-state index in [1.54, 1.807) is 62.8 Å². The van der Waals surface area contributed by atoms with Crippen LogP contribution in [0.4, 0.5) is 0 Å². The number of benzene rings is 4. The molecule has 284 valence electrons. The maximum atomic E-state index is 12.4. The number of tetrazole rings is 2. The molecule has 0 unspecified atom stereocenters. The minimum absolute atomic E-state index is 0.0930. The summed E-state index contributed by atoms with van der Waals surface area (Å²) in [5, 5.41) is 25.2. The van der Waals surface area contributed by atoms with Crippen molar-refractivity contribution in [2.45, 2.75) is 0 Å². The summed E-state index contributed by atoms with van der Waals surface area (Å²) in [6.45, 7) is 1.96. The Morgan fingerprint density at radius 1 is 0.473 bits per heavy atom. The summed E-state index contributed by atoms with van der Waals surface area (Å²) in [5.41, 5.74) is 3.66. The van der Waals surface area contributed by atoms with Crippen molar-refractivity contribution in [3.05, 3.63) is 108 Å². The van der Waals surface area contributed by atoms with Gasteiger partial charge in [-0.05, 0) is 83.2 Å². The average molecular weight is 751 g/mol. The molecule has 0 aliphatic rings. The Balaban J connectivity index is 0.775. The number of methoxy groups -OCH3 is 2. The van der Waals surface area contributed by atoms with Gasteiger partial charge in [-0.15, -0.1) is 30.0 Å². The Kier molecular flexibility index (Phi) is 13.5. The van der Waals surface area contributed by atoms with Crippen LogP contribution in [0.2, 0.25) is 0 Å². The number of carbonyl (C=O) groups excluding carboxylic acids is 2. The van der Waals surface area contributed by atoms with Crippen LogP contribution in [0.25, 0.3) is 34.2 Å². The van der Waals surface area contributed by atoms with Crippen LogP contribution in [0, 0.1) is 0 Å². The van der Waals surface area contributed by atoms with E-state index < -0.39 is 11.9 Å². The molecule has 2 heterocycles. The summed E-state index contributed by atoms with van der Waals surface area (Å²) >= 11 is 0. The Bertz CT molecular complexity index is 1950. The molecule has 0 aliphatic carbocycles.